The predicted molar refractivity (Wildman–Crippen MR) is 136 cm³/mol. The number of pyridine rings is 1. The van der Waals surface area contributed by atoms with Crippen molar-refractivity contribution in [1.29, 1.82) is 0 Å². The lowest BCUT2D eigenvalue weighted by molar-refractivity contribution is -0.139. The summed E-state index contributed by atoms with van der Waals surface area (Å²) in [7, 11) is 3.50. The molecule has 1 atom stereocenters. The number of amides is 2. The summed E-state index contributed by atoms with van der Waals surface area (Å²) in [6.07, 6.45) is 7.98. The first-order chi connectivity index (χ1) is 16.9. The Balaban J connectivity index is 1.26. The van der Waals surface area contributed by atoms with E-state index in [4.69, 9.17) is 4.98 Å². The van der Waals surface area contributed by atoms with Gasteiger partial charge in [-0.1, -0.05) is 12.1 Å². The van der Waals surface area contributed by atoms with E-state index in [0.29, 0.717) is 11.5 Å². The molecule has 35 heavy (non-hydrogen) atoms. The summed E-state index contributed by atoms with van der Waals surface area (Å²) < 4.78 is 0. The summed E-state index contributed by atoms with van der Waals surface area (Å²) in [6, 6.07) is 12.0. The number of rotatable bonds is 4. The van der Waals surface area contributed by atoms with Crippen LogP contribution in [0.1, 0.15) is 55.3 Å². The molecule has 5 rings (SSSR count). The molecule has 2 amide bonds. The van der Waals surface area contributed by atoms with Crippen LogP contribution in [0.25, 0.3) is 11.1 Å². The molecule has 186 valence electrons. The molecule has 1 unspecified atom stereocenters. The van der Waals surface area contributed by atoms with Crippen molar-refractivity contribution in [2.75, 3.05) is 38.6 Å². The number of anilines is 1. The van der Waals surface area contributed by atoms with E-state index >= 15 is 0 Å². The zero-order valence-electron chi connectivity index (χ0n) is 20.8. The number of carbonyl (C=O) groups excluding carboxylic acids is 2. The number of hydrogen-bond donors (Lipinski definition) is 1. The number of hydrogen-bond acceptors (Lipinski definition) is 5. The highest BCUT2D eigenvalue weighted by Gasteiger charge is 2.50. The molecule has 1 aromatic carbocycles. The van der Waals surface area contributed by atoms with E-state index < -0.39 is 0 Å². The molecule has 3 aliphatic rings. The van der Waals surface area contributed by atoms with Gasteiger partial charge in [-0.25, -0.2) is 4.98 Å². The molecule has 0 radical (unpaired) electrons. The largest absolute Gasteiger partial charge is 0.393 e. The average molecular weight is 477 g/mol. The number of carbonyl (C=O) groups is 2. The Morgan fingerprint density at radius 1 is 1.00 bits per heavy atom. The Kier molecular flexibility index (Phi) is 6.53. The molecule has 3 fully saturated rings. The molecule has 2 aromatic rings. The summed E-state index contributed by atoms with van der Waals surface area (Å²) in [5.74, 6) is 1.22. The van der Waals surface area contributed by atoms with Crippen LogP contribution in [0.15, 0.2) is 42.6 Å². The Morgan fingerprint density at radius 3 is 2.37 bits per heavy atom. The second kappa shape index (κ2) is 9.61. The molecule has 7 nitrogen and oxygen atoms in total. The Bertz CT molecular complexity index is 1060. The zero-order chi connectivity index (χ0) is 24.6. The maximum Gasteiger partial charge on any atom is 0.253 e. The van der Waals surface area contributed by atoms with Gasteiger partial charge in [0.1, 0.15) is 5.82 Å². The van der Waals surface area contributed by atoms with E-state index in [1.165, 1.54) is 0 Å². The first kappa shape index (κ1) is 23.8. The molecule has 2 saturated heterocycles. The van der Waals surface area contributed by atoms with Crippen molar-refractivity contribution >= 4 is 17.6 Å². The van der Waals surface area contributed by atoms with Crippen LogP contribution >= 0.6 is 0 Å². The van der Waals surface area contributed by atoms with Gasteiger partial charge in [-0.2, -0.15) is 0 Å². The molecule has 2 aliphatic heterocycles. The molecule has 1 N–H and O–H groups in total. The van der Waals surface area contributed by atoms with Gasteiger partial charge >= 0.3 is 0 Å². The Hall–Kier alpha value is -2.93. The molecule has 1 aliphatic carbocycles. The smallest absolute Gasteiger partial charge is 0.253 e. The molecular weight excluding hydrogens is 440 g/mol. The lowest BCUT2D eigenvalue weighted by Gasteiger charge is -2.41. The van der Waals surface area contributed by atoms with Crippen molar-refractivity contribution < 1.29 is 14.7 Å². The van der Waals surface area contributed by atoms with Gasteiger partial charge in [-0.15, -0.1) is 0 Å². The van der Waals surface area contributed by atoms with Gasteiger partial charge in [0, 0.05) is 57.1 Å². The average Bonchev–Trinajstić information content (AvgIpc) is 3.19. The number of aliphatic hydroxyl groups excluding tert-OH is 1. The fourth-order valence-electron chi connectivity index (χ4n) is 6.08. The number of piperidine rings is 1. The van der Waals surface area contributed by atoms with Crippen molar-refractivity contribution in [3.05, 3.63) is 48.2 Å². The lowest BCUT2D eigenvalue weighted by atomic mass is 9.78. The second-order valence-corrected chi connectivity index (χ2v) is 10.7. The van der Waals surface area contributed by atoms with E-state index in [0.717, 1.165) is 81.5 Å². The maximum absolute atomic E-state index is 13.6. The second-order valence-electron chi connectivity index (χ2n) is 10.7. The van der Waals surface area contributed by atoms with Crippen molar-refractivity contribution in [3.8, 4) is 11.1 Å². The van der Waals surface area contributed by atoms with Gasteiger partial charge in [0.25, 0.3) is 5.91 Å². The van der Waals surface area contributed by atoms with Crippen LogP contribution < -0.4 is 4.90 Å². The summed E-state index contributed by atoms with van der Waals surface area (Å²) in [6.45, 7) is 2.48. The highest BCUT2D eigenvalue weighted by Crippen LogP contribution is 2.43. The quantitative estimate of drug-likeness (QED) is 0.730. The van der Waals surface area contributed by atoms with Crippen LogP contribution in [0.4, 0.5) is 5.82 Å². The zero-order valence-corrected chi connectivity index (χ0v) is 20.8. The highest BCUT2D eigenvalue weighted by atomic mass is 16.3. The Morgan fingerprint density at radius 2 is 1.71 bits per heavy atom. The van der Waals surface area contributed by atoms with Crippen molar-refractivity contribution in [3.63, 3.8) is 0 Å². The van der Waals surface area contributed by atoms with E-state index in [2.05, 4.69) is 15.9 Å². The van der Waals surface area contributed by atoms with Gasteiger partial charge < -0.3 is 19.8 Å². The number of benzene rings is 1. The number of aromatic nitrogens is 1. The van der Waals surface area contributed by atoms with E-state index in [1.54, 1.807) is 19.0 Å². The van der Waals surface area contributed by atoms with Gasteiger partial charge in [-0.05, 0) is 74.8 Å². The van der Waals surface area contributed by atoms with Crippen molar-refractivity contribution in [1.82, 2.24) is 14.8 Å². The van der Waals surface area contributed by atoms with Gasteiger partial charge in [-0.3, -0.25) is 9.59 Å². The summed E-state index contributed by atoms with van der Waals surface area (Å²) >= 11 is 0. The van der Waals surface area contributed by atoms with Crippen LogP contribution in [0.2, 0.25) is 0 Å². The van der Waals surface area contributed by atoms with Crippen molar-refractivity contribution in [2.24, 2.45) is 5.41 Å². The minimum absolute atomic E-state index is 0.00912. The molecule has 0 bridgehead atoms. The number of likely N-dealkylation sites (tertiary alicyclic amines) is 1. The van der Waals surface area contributed by atoms with E-state index in [1.807, 2.05) is 36.5 Å². The summed E-state index contributed by atoms with van der Waals surface area (Å²) in [4.78, 5) is 36.5. The number of aliphatic hydroxyl groups is 1. The maximum atomic E-state index is 13.6. The fraction of sp³-hybridized carbons (Fsp3) is 0.536. The predicted octanol–water partition coefficient (Wildman–Crippen LogP) is 3.57. The monoisotopic (exact) mass is 476 g/mol. The van der Waals surface area contributed by atoms with Crippen LogP contribution in [0.3, 0.4) is 0 Å². The van der Waals surface area contributed by atoms with Crippen LogP contribution in [-0.4, -0.2) is 77.6 Å². The third kappa shape index (κ3) is 4.66. The SMILES string of the molecule is CN(C)C(=O)c1ccc(-c2ccc(N3CCCC4(CCN(C5CCC(O)CC5)C4=O)C3)nc2)cc1. The van der Waals surface area contributed by atoms with Gasteiger partial charge in [0.15, 0.2) is 0 Å². The Labute approximate surface area is 207 Å². The highest BCUT2D eigenvalue weighted by molar-refractivity contribution is 5.94. The van der Waals surface area contributed by atoms with Crippen LogP contribution in [-0.2, 0) is 4.79 Å². The molecule has 1 spiro atoms. The first-order valence-corrected chi connectivity index (χ1v) is 12.9. The number of nitrogens with zero attached hydrogens (tertiary/aromatic N) is 4. The van der Waals surface area contributed by atoms with E-state index in [9.17, 15) is 14.7 Å². The minimum Gasteiger partial charge on any atom is -0.393 e. The first-order valence-electron chi connectivity index (χ1n) is 12.9. The van der Waals surface area contributed by atoms with E-state index in [-0.39, 0.29) is 23.5 Å². The minimum atomic E-state index is -0.302. The normalized spacial score (nSPS) is 26.9. The molecule has 1 saturated carbocycles. The van der Waals surface area contributed by atoms with Crippen molar-refractivity contribution in [2.45, 2.75) is 57.1 Å². The lowest BCUT2D eigenvalue weighted by Crippen LogP contribution is -2.50. The standard InChI is InChI=1S/C28H36N4O3/c1-30(2)26(34)21-6-4-20(5-7-21)22-8-13-25(29-18-22)31-16-3-14-28(19-31)15-17-32(27(28)35)23-9-11-24(33)12-10-23/h4-8,13,18,23-24,33H,3,9-12,14-17,19H2,1-2H3. The third-order valence-electron chi connectivity index (χ3n) is 8.17. The summed E-state index contributed by atoms with van der Waals surface area (Å²) in [5.41, 5.74) is 2.39. The van der Waals surface area contributed by atoms with Gasteiger partial charge in [0.2, 0.25) is 5.91 Å². The van der Waals surface area contributed by atoms with Gasteiger partial charge in [0.05, 0.1) is 11.5 Å². The van der Waals surface area contributed by atoms with Crippen LogP contribution in [0.5, 0.6) is 0 Å². The third-order valence-corrected chi connectivity index (χ3v) is 8.17. The molecule has 7 heteroatoms. The topological polar surface area (TPSA) is 77.0 Å². The molecule has 1 aromatic heterocycles. The molecule has 3 heterocycles. The summed E-state index contributed by atoms with van der Waals surface area (Å²) in [5, 5.41) is 9.85. The molecular formula is C28H36N4O3. The van der Waals surface area contributed by atoms with Crippen LogP contribution in [0, 0.1) is 5.41 Å². The fourth-order valence-corrected chi connectivity index (χ4v) is 6.08.